The largest absolute Gasteiger partial charge is 0.271 e. The third-order valence-electron chi connectivity index (χ3n) is 4.57. The average Bonchev–Trinajstić information content (AvgIpc) is 2.78. The van der Waals surface area contributed by atoms with Crippen molar-refractivity contribution < 1.29 is 18.1 Å². The van der Waals surface area contributed by atoms with Crippen molar-refractivity contribution in [2.45, 2.75) is 6.54 Å². The minimum absolute atomic E-state index is 0.0452. The van der Waals surface area contributed by atoms with Crippen molar-refractivity contribution in [3.63, 3.8) is 0 Å². The van der Waals surface area contributed by atoms with E-state index in [9.17, 15) is 23.3 Å². The van der Waals surface area contributed by atoms with E-state index in [0.29, 0.717) is 21.8 Å². The van der Waals surface area contributed by atoms with Crippen LogP contribution in [0, 0.1) is 10.1 Å². The minimum Gasteiger partial charge on any atom is -0.267 e. The van der Waals surface area contributed by atoms with Gasteiger partial charge in [-0.05, 0) is 53.6 Å². The number of nitrogens with one attached hydrogen (secondary N) is 1. The molecule has 0 aliphatic rings. The van der Waals surface area contributed by atoms with Gasteiger partial charge in [-0.1, -0.05) is 29.8 Å². The van der Waals surface area contributed by atoms with Crippen LogP contribution in [0.25, 0.3) is 0 Å². The Balaban J connectivity index is 1.70. The molecule has 0 aliphatic carbocycles. The molecule has 3 rings (SSSR count). The van der Waals surface area contributed by atoms with Crippen LogP contribution in [-0.4, -0.2) is 31.7 Å². The smallest absolute Gasteiger partial charge is 0.267 e. The first-order valence-corrected chi connectivity index (χ1v) is 11.8. The number of hydrogen-bond donors (Lipinski definition) is 1. The van der Waals surface area contributed by atoms with Crippen LogP contribution in [0.5, 0.6) is 0 Å². The quantitative estimate of drug-likeness (QED) is 0.293. The maximum atomic E-state index is 12.3. The molecule has 0 unspecified atom stereocenters. The molecule has 0 saturated heterocycles. The van der Waals surface area contributed by atoms with Crippen molar-refractivity contribution in [2.75, 3.05) is 10.6 Å². The summed E-state index contributed by atoms with van der Waals surface area (Å²) < 4.78 is 25.9. The van der Waals surface area contributed by atoms with Gasteiger partial charge in [-0.2, -0.15) is 5.10 Å². The van der Waals surface area contributed by atoms with Gasteiger partial charge in [0.1, 0.15) is 0 Å². The van der Waals surface area contributed by atoms with E-state index in [0.717, 1.165) is 6.26 Å². The lowest BCUT2D eigenvalue weighted by Crippen LogP contribution is -2.29. The summed E-state index contributed by atoms with van der Waals surface area (Å²) in [5.41, 5.74) is 4.17. The molecule has 170 valence electrons. The van der Waals surface area contributed by atoms with Gasteiger partial charge < -0.3 is 0 Å². The summed E-state index contributed by atoms with van der Waals surface area (Å²) in [5.74, 6) is -0.503. The standard InChI is InChI=1S/C22H19ClN4O5S/c1-33(31,32)26(15-18-4-2-3-5-21(18)23)19-12-8-17(9-13-19)22(28)25-24-14-16-6-10-20(11-7-16)27(29)30/h2-14H,15H2,1H3,(H,25,28)/b24-14+. The van der Waals surface area contributed by atoms with Gasteiger partial charge in [0.05, 0.1) is 29.6 Å². The molecule has 0 atom stereocenters. The van der Waals surface area contributed by atoms with Crippen LogP contribution in [0.4, 0.5) is 11.4 Å². The lowest BCUT2D eigenvalue weighted by atomic mass is 10.2. The van der Waals surface area contributed by atoms with E-state index >= 15 is 0 Å². The number of rotatable bonds is 8. The number of amides is 1. The van der Waals surface area contributed by atoms with Gasteiger partial charge >= 0.3 is 0 Å². The van der Waals surface area contributed by atoms with Gasteiger partial charge in [0, 0.05) is 22.7 Å². The summed E-state index contributed by atoms with van der Waals surface area (Å²) in [5, 5.41) is 15.0. The van der Waals surface area contributed by atoms with Crippen LogP contribution < -0.4 is 9.73 Å². The molecular formula is C22H19ClN4O5S. The lowest BCUT2D eigenvalue weighted by molar-refractivity contribution is -0.384. The molecule has 11 heteroatoms. The Kier molecular flexibility index (Phi) is 7.41. The number of carbonyl (C=O) groups is 1. The number of nitrogens with zero attached hydrogens (tertiary/aromatic N) is 3. The van der Waals surface area contributed by atoms with E-state index in [1.165, 1.54) is 59.1 Å². The molecule has 0 bridgehead atoms. The molecule has 0 heterocycles. The summed E-state index contributed by atoms with van der Waals surface area (Å²) in [4.78, 5) is 22.5. The molecule has 0 fully saturated rings. The predicted octanol–water partition coefficient (Wildman–Crippen LogP) is 3.98. The molecule has 1 N–H and O–H groups in total. The summed E-state index contributed by atoms with van der Waals surface area (Å²) in [6.07, 6.45) is 2.45. The topological polar surface area (TPSA) is 122 Å². The van der Waals surface area contributed by atoms with E-state index in [-0.39, 0.29) is 17.8 Å². The first-order chi connectivity index (χ1) is 15.6. The Morgan fingerprint density at radius 3 is 2.30 bits per heavy atom. The first kappa shape index (κ1) is 23.9. The van der Waals surface area contributed by atoms with Gasteiger partial charge in [-0.25, -0.2) is 13.8 Å². The molecule has 0 aliphatic heterocycles. The van der Waals surface area contributed by atoms with Crippen LogP contribution in [0.15, 0.2) is 77.9 Å². The van der Waals surface area contributed by atoms with E-state index in [1.807, 2.05) is 0 Å². The average molecular weight is 487 g/mol. The van der Waals surface area contributed by atoms with Crippen LogP contribution in [-0.2, 0) is 16.6 Å². The molecule has 3 aromatic carbocycles. The van der Waals surface area contributed by atoms with Crippen molar-refractivity contribution in [3.05, 3.63) is 105 Å². The molecular weight excluding hydrogens is 468 g/mol. The summed E-state index contributed by atoms with van der Waals surface area (Å²) >= 11 is 6.17. The van der Waals surface area contributed by atoms with Crippen LogP contribution in [0.2, 0.25) is 5.02 Å². The highest BCUT2D eigenvalue weighted by atomic mass is 35.5. The molecule has 33 heavy (non-hydrogen) atoms. The summed E-state index contributed by atoms with van der Waals surface area (Å²) in [6.45, 7) is 0.0452. The Morgan fingerprint density at radius 2 is 1.73 bits per heavy atom. The zero-order valence-electron chi connectivity index (χ0n) is 17.4. The Morgan fingerprint density at radius 1 is 1.09 bits per heavy atom. The normalized spacial score (nSPS) is 11.3. The monoisotopic (exact) mass is 486 g/mol. The zero-order valence-corrected chi connectivity index (χ0v) is 19.0. The lowest BCUT2D eigenvalue weighted by Gasteiger charge is -2.23. The molecule has 3 aromatic rings. The number of nitro benzene ring substituents is 1. The van der Waals surface area contributed by atoms with E-state index in [1.54, 1.807) is 24.3 Å². The fourth-order valence-corrected chi connectivity index (χ4v) is 3.95. The number of hydrazone groups is 1. The van der Waals surface area contributed by atoms with Crippen molar-refractivity contribution in [2.24, 2.45) is 5.10 Å². The number of hydrogen-bond acceptors (Lipinski definition) is 6. The number of nitro groups is 1. The van der Waals surface area contributed by atoms with Gasteiger partial charge in [0.25, 0.3) is 11.6 Å². The number of anilines is 1. The predicted molar refractivity (Wildman–Crippen MR) is 127 cm³/mol. The van der Waals surface area contributed by atoms with Crippen molar-refractivity contribution >= 4 is 45.1 Å². The third kappa shape index (κ3) is 6.37. The van der Waals surface area contributed by atoms with Gasteiger partial charge in [0.2, 0.25) is 10.0 Å². The van der Waals surface area contributed by atoms with Gasteiger partial charge in [-0.15, -0.1) is 0 Å². The third-order valence-corrected chi connectivity index (χ3v) is 6.08. The highest BCUT2D eigenvalue weighted by Crippen LogP contribution is 2.24. The number of non-ortho nitro benzene ring substituents is 1. The number of sulfonamides is 1. The summed E-state index contributed by atoms with van der Waals surface area (Å²) in [6, 6.07) is 18.6. The highest BCUT2D eigenvalue weighted by molar-refractivity contribution is 7.92. The molecule has 0 spiro atoms. The molecule has 0 radical (unpaired) electrons. The maximum Gasteiger partial charge on any atom is 0.271 e. The number of carbonyl (C=O) groups excluding carboxylic acids is 1. The van der Waals surface area contributed by atoms with Crippen molar-refractivity contribution in [1.82, 2.24) is 5.43 Å². The van der Waals surface area contributed by atoms with Crippen molar-refractivity contribution in [3.8, 4) is 0 Å². The van der Waals surface area contributed by atoms with Crippen LogP contribution >= 0.6 is 11.6 Å². The number of halogens is 1. The van der Waals surface area contributed by atoms with E-state index < -0.39 is 20.9 Å². The van der Waals surface area contributed by atoms with Crippen LogP contribution in [0.3, 0.4) is 0 Å². The highest BCUT2D eigenvalue weighted by Gasteiger charge is 2.19. The molecule has 1 amide bonds. The molecule has 9 nitrogen and oxygen atoms in total. The Bertz CT molecular complexity index is 1290. The molecule has 0 saturated carbocycles. The van der Waals surface area contributed by atoms with Gasteiger partial charge in [-0.3, -0.25) is 19.2 Å². The second kappa shape index (κ2) is 10.2. The zero-order chi connectivity index (χ0) is 24.0. The van der Waals surface area contributed by atoms with Crippen LogP contribution in [0.1, 0.15) is 21.5 Å². The molecule has 0 aromatic heterocycles. The van der Waals surface area contributed by atoms with Crippen molar-refractivity contribution in [1.29, 1.82) is 0 Å². The fraction of sp³-hybridized carbons (Fsp3) is 0.0909. The van der Waals surface area contributed by atoms with E-state index in [2.05, 4.69) is 10.5 Å². The SMILES string of the molecule is CS(=O)(=O)N(Cc1ccccc1Cl)c1ccc(C(=O)N/N=C/c2ccc([N+](=O)[O-])cc2)cc1. The minimum atomic E-state index is -3.61. The number of benzene rings is 3. The second-order valence-corrected chi connectivity index (χ2v) is 9.27. The Labute approximate surface area is 195 Å². The van der Waals surface area contributed by atoms with Gasteiger partial charge in [0.15, 0.2) is 0 Å². The Hall–Kier alpha value is -3.76. The maximum absolute atomic E-state index is 12.3. The first-order valence-electron chi connectivity index (χ1n) is 9.54. The van der Waals surface area contributed by atoms with E-state index in [4.69, 9.17) is 11.6 Å². The fourth-order valence-electron chi connectivity index (χ4n) is 2.87. The summed E-state index contributed by atoms with van der Waals surface area (Å²) in [7, 11) is -3.61. The second-order valence-electron chi connectivity index (χ2n) is 6.96.